The Labute approximate surface area is 211 Å². The van der Waals surface area contributed by atoms with Gasteiger partial charge in [0.1, 0.15) is 17.5 Å². The van der Waals surface area contributed by atoms with Crippen LogP contribution in [0.2, 0.25) is 5.02 Å². The van der Waals surface area contributed by atoms with E-state index in [2.05, 4.69) is 5.32 Å². The molecule has 1 atom stereocenters. The van der Waals surface area contributed by atoms with E-state index < -0.39 is 6.04 Å². The highest BCUT2D eigenvalue weighted by atomic mass is 35.5. The lowest BCUT2D eigenvalue weighted by atomic mass is 10.0. The first-order valence-electron chi connectivity index (χ1n) is 11.6. The van der Waals surface area contributed by atoms with E-state index in [9.17, 15) is 9.59 Å². The Kier molecular flexibility index (Phi) is 9.99. The summed E-state index contributed by atoms with van der Waals surface area (Å²) < 4.78 is 11.1. The maximum atomic E-state index is 13.5. The van der Waals surface area contributed by atoms with Crippen molar-refractivity contribution in [1.29, 1.82) is 0 Å². The molecule has 6 nitrogen and oxygen atoms in total. The average Bonchev–Trinajstić information content (AvgIpc) is 2.89. The molecule has 3 aromatic rings. The Morgan fingerprint density at radius 3 is 2.34 bits per heavy atom. The molecule has 0 aliphatic heterocycles. The summed E-state index contributed by atoms with van der Waals surface area (Å²) in [7, 11) is 3.19. The zero-order valence-electron chi connectivity index (χ0n) is 20.1. The van der Waals surface area contributed by atoms with Crippen LogP contribution in [-0.4, -0.2) is 43.5 Å². The minimum atomic E-state index is -0.654. The molecule has 1 N–H and O–H groups in total. The van der Waals surface area contributed by atoms with Crippen LogP contribution >= 0.6 is 11.6 Å². The van der Waals surface area contributed by atoms with Crippen molar-refractivity contribution >= 4 is 23.4 Å². The van der Waals surface area contributed by atoms with Crippen molar-refractivity contribution in [3.63, 3.8) is 0 Å². The van der Waals surface area contributed by atoms with Gasteiger partial charge in [-0.3, -0.25) is 9.59 Å². The molecule has 0 saturated carbocycles. The predicted octanol–water partition coefficient (Wildman–Crippen LogP) is 4.89. The molecule has 0 aliphatic rings. The fourth-order valence-corrected chi connectivity index (χ4v) is 3.90. The molecule has 3 aromatic carbocycles. The third-order valence-corrected chi connectivity index (χ3v) is 5.87. The molecule has 0 fully saturated rings. The first-order valence-corrected chi connectivity index (χ1v) is 11.9. The Morgan fingerprint density at radius 2 is 1.66 bits per heavy atom. The van der Waals surface area contributed by atoms with Crippen LogP contribution in [0.1, 0.15) is 24.0 Å². The molecule has 35 heavy (non-hydrogen) atoms. The molecule has 184 valence electrons. The number of halogens is 1. The summed E-state index contributed by atoms with van der Waals surface area (Å²) >= 11 is 5.91. The molecule has 2 amide bonds. The SMILES string of the molecule is CNC(=O)[C@@H](Cc1ccccc1)N(Cc1cccc(OC)c1)C(=O)CCCOc1ccc(Cl)cc1. The van der Waals surface area contributed by atoms with Crippen molar-refractivity contribution in [3.05, 3.63) is 95.0 Å². The Balaban J connectivity index is 1.75. The highest BCUT2D eigenvalue weighted by Gasteiger charge is 2.29. The van der Waals surface area contributed by atoms with E-state index >= 15 is 0 Å². The highest BCUT2D eigenvalue weighted by Crippen LogP contribution is 2.20. The highest BCUT2D eigenvalue weighted by molar-refractivity contribution is 6.30. The van der Waals surface area contributed by atoms with Gasteiger partial charge in [-0.15, -0.1) is 0 Å². The molecule has 0 heterocycles. The van der Waals surface area contributed by atoms with Gasteiger partial charge >= 0.3 is 0 Å². The van der Waals surface area contributed by atoms with Gasteiger partial charge in [-0.25, -0.2) is 0 Å². The number of nitrogens with zero attached hydrogens (tertiary/aromatic N) is 1. The average molecular weight is 495 g/mol. The smallest absolute Gasteiger partial charge is 0.242 e. The zero-order chi connectivity index (χ0) is 25.0. The summed E-state index contributed by atoms with van der Waals surface area (Å²) in [4.78, 5) is 28.1. The maximum absolute atomic E-state index is 13.5. The first kappa shape index (κ1) is 26.1. The lowest BCUT2D eigenvalue weighted by Gasteiger charge is -2.31. The Hall–Kier alpha value is -3.51. The molecule has 0 saturated heterocycles. The number of amides is 2. The van der Waals surface area contributed by atoms with Crippen LogP contribution in [0.15, 0.2) is 78.9 Å². The number of carbonyl (C=O) groups excluding carboxylic acids is 2. The lowest BCUT2D eigenvalue weighted by molar-refractivity contribution is -0.141. The van der Waals surface area contributed by atoms with Crippen molar-refractivity contribution in [2.45, 2.75) is 31.8 Å². The van der Waals surface area contributed by atoms with Gasteiger partial charge in [0.05, 0.1) is 13.7 Å². The van der Waals surface area contributed by atoms with E-state index in [4.69, 9.17) is 21.1 Å². The van der Waals surface area contributed by atoms with Gasteiger partial charge in [-0.05, 0) is 53.9 Å². The largest absolute Gasteiger partial charge is 0.497 e. The van der Waals surface area contributed by atoms with Crippen LogP contribution in [0.5, 0.6) is 11.5 Å². The van der Waals surface area contributed by atoms with Gasteiger partial charge in [0.25, 0.3) is 0 Å². The van der Waals surface area contributed by atoms with E-state index in [1.165, 1.54) is 0 Å². The summed E-state index contributed by atoms with van der Waals surface area (Å²) in [5, 5.41) is 3.37. The molecule has 0 spiro atoms. The molecule has 0 radical (unpaired) electrons. The number of likely N-dealkylation sites (N-methyl/N-ethyl adjacent to an activating group) is 1. The summed E-state index contributed by atoms with van der Waals surface area (Å²) in [6, 6.07) is 23.7. The van der Waals surface area contributed by atoms with Crippen molar-refractivity contribution in [1.82, 2.24) is 10.2 Å². The van der Waals surface area contributed by atoms with E-state index in [-0.39, 0.29) is 18.2 Å². The molecule has 7 heteroatoms. The van der Waals surface area contributed by atoms with E-state index in [1.54, 1.807) is 43.3 Å². The third-order valence-electron chi connectivity index (χ3n) is 5.62. The molecule has 3 rings (SSSR count). The molecule has 0 aromatic heterocycles. The second-order valence-corrected chi connectivity index (χ2v) is 8.54. The fraction of sp³-hybridized carbons (Fsp3) is 0.286. The van der Waals surface area contributed by atoms with Crippen molar-refractivity contribution < 1.29 is 19.1 Å². The summed E-state index contributed by atoms with van der Waals surface area (Å²) in [6.45, 7) is 0.669. The predicted molar refractivity (Wildman–Crippen MR) is 138 cm³/mol. The summed E-state index contributed by atoms with van der Waals surface area (Å²) in [5.41, 5.74) is 1.87. The maximum Gasteiger partial charge on any atom is 0.242 e. The zero-order valence-corrected chi connectivity index (χ0v) is 20.8. The lowest BCUT2D eigenvalue weighted by Crippen LogP contribution is -2.49. The molecular formula is C28H31ClN2O4. The van der Waals surface area contributed by atoms with Crippen LogP contribution in [0.4, 0.5) is 0 Å². The second kappa shape index (κ2) is 13.4. The number of hydrogen-bond acceptors (Lipinski definition) is 4. The summed E-state index contributed by atoms with van der Waals surface area (Å²) in [5.74, 6) is 1.08. The van der Waals surface area contributed by atoms with Gasteiger partial charge in [-0.2, -0.15) is 0 Å². The van der Waals surface area contributed by atoms with Crippen LogP contribution in [-0.2, 0) is 22.6 Å². The Bertz CT molecular complexity index is 1090. The van der Waals surface area contributed by atoms with Gasteiger partial charge in [0, 0.05) is 31.5 Å². The standard InChI is InChI=1S/C28H31ClN2O4/c1-30-28(33)26(19-21-8-4-3-5-9-21)31(20-22-10-6-11-25(18-22)34-2)27(32)12-7-17-35-24-15-13-23(29)14-16-24/h3-6,8-11,13-16,18,26H,7,12,17,19-20H2,1-2H3,(H,30,33)/t26-/m1/s1. The minimum absolute atomic E-state index is 0.114. The van der Waals surface area contributed by atoms with E-state index in [0.717, 1.165) is 11.1 Å². The summed E-state index contributed by atoms with van der Waals surface area (Å²) in [6.07, 6.45) is 1.18. The molecular weight excluding hydrogens is 464 g/mol. The first-order chi connectivity index (χ1) is 17.0. The normalized spacial score (nSPS) is 11.4. The molecule has 0 bridgehead atoms. The van der Waals surface area contributed by atoms with E-state index in [0.29, 0.717) is 42.5 Å². The van der Waals surface area contributed by atoms with Crippen LogP contribution in [0.3, 0.4) is 0 Å². The van der Waals surface area contributed by atoms with Crippen molar-refractivity contribution in [2.75, 3.05) is 20.8 Å². The number of ether oxygens (including phenoxy) is 2. The van der Waals surface area contributed by atoms with Crippen molar-refractivity contribution in [3.8, 4) is 11.5 Å². The third kappa shape index (κ3) is 8.04. The topological polar surface area (TPSA) is 67.9 Å². The fourth-order valence-electron chi connectivity index (χ4n) is 3.78. The van der Waals surface area contributed by atoms with Gasteiger partial charge < -0.3 is 19.7 Å². The van der Waals surface area contributed by atoms with Gasteiger partial charge in [-0.1, -0.05) is 54.1 Å². The van der Waals surface area contributed by atoms with Crippen molar-refractivity contribution in [2.24, 2.45) is 0 Å². The monoisotopic (exact) mass is 494 g/mol. The van der Waals surface area contributed by atoms with Gasteiger partial charge in [0.2, 0.25) is 11.8 Å². The van der Waals surface area contributed by atoms with Gasteiger partial charge in [0.15, 0.2) is 0 Å². The van der Waals surface area contributed by atoms with Crippen LogP contribution in [0, 0.1) is 0 Å². The molecule has 0 aliphatic carbocycles. The number of hydrogen-bond donors (Lipinski definition) is 1. The Morgan fingerprint density at radius 1 is 0.943 bits per heavy atom. The number of methoxy groups -OCH3 is 1. The number of nitrogens with one attached hydrogen (secondary N) is 1. The number of rotatable bonds is 12. The molecule has 0 unspecified atom stereocenters. The van der Waals surface area contributed by atoms with Crippen LogP contribution < -0.4 is 14.8 Å². The second-order valence-electron chi connectivity index (χ2n) is 8.10. The minimum Gasteiger partial charge on any atom is -0.497 e. The number of benzene rings is 3. The number of carbonyl (C=O) groups is 2. The van der Waals surface area contributed by atoms with Crippen LogP contribution in [0.25, 0.3) is 0 Å². The quantitative estimate of drug-likeness (QED) is 0.364. The van der Waals surface area contributed by atoms with E-state index in [1.807, 2.05) is 54.6 Å².